The minimum absolute atomic E-state index is 0.0829. The summed E-state index contributed by atoms with van der Waals surface area (Å²) in [5, 5.41) is 1.28. The van der Waals surface area contributed by atoms with Crippen LogP contribution in [0.4, 0.5) is 17.1 Å². The van der Waals surface area contributed by atoms with Gasteiger partial charge in [0.25, 0.3) is 0 Å². The Kier molecular flexibility index (Phi) is 6.95. The van der Waals surface area contributed by atoms with Crippen LogP contribution in [-0.2, 0) is 23.5 Å². The molecule has 3 aromatic heterocycles. The lowest BCUT2D eigenvalue weighted by Crippen LogP contribution is -2.18. The van der Waals surface area contributed by atoms with Crippen LogP contribution in [0.2, 0.25) is 0 Å². The molecule has 0 radical (unpaired) electrons. The molecule has 10 rings (SSSR count). The molecule has 2 aliphatic rings. The number of hydrogen-bond acceptors (Lipinski definition) is 4. The van der Waals surface area contributed by atoms with Gasteiger partial charge in [0.1, 0.15) is 0 Å². The van der Waals surface area contributed by atoms with E-state index in [0.29, 0.717) is 0 Å². The van der Waals surface area contributed by atoms with Gasteiger partial charge >= 0.3 is 0 Å². The fourth-order valence-electron chi connectivity index (χ4n) is 8.46. The molecule has 8 aromatic rings. The summed E-state index contributed by atoms with van der Waals surface area (Å²) in [6.07, 6.45) is 0. The standard InChI is InChI=1S/C46H35NS4/c1-45(2)35-11-7-5-9-31(35)33-17-15-28(24-37(33)45)47(29-16-18-34-32-10-6-8-12-36(32)46(3,4)38(34)25-29)30-14-13-27-23-43(50-42(27)26-30)41-20-19-39(49-41)40-21-22-44(48)51-40/h5-26,48H,1-4H3/p+1. The summed E-state index contributed by atoms with van der Waals surface area (Å²) in [5.41, 5.74) is 14.3. The number of fused-ring (bicyclic) bond motifs is 7. The van der Waals surface area contributed by atoms with Gasteiger partial charge in [0.2, 0.25) is 4.21 Å². The van der Waals surface area contributed by atoms with Crippen molar-refractivity contribution in [2.24, 2.45) is 0 Å². The molecule has 51 heavy (non-hydrogen) atoms. The second-order valence-corrected chi connectivity index (χ2v) is 18.9. The predicted molar refractivity (Wildman–Crippen MR) is 227 cm³/mol. The van der Waals surface area contributed by atoms with Crippen molar-refractivity contribution in [3.05, 3.63) is 156 Å². The largest absolute Gasteiger partial charge is 0.310 e. The average Bonchev–Trinajstić information content (AvgIpc) is 3.96. The second kappa shape index (κ2) is 11.3. The van der Waals surface area contributed by atoms with Crippen LogP contribution < -0.4 is 4.90 Å². The number of thiophene rings is 3. The van der Waals surface area contributed by atoms with Crippen molar-refractivity contribution in [2.75, 3.05) is 4.90 Å². The molecule has 248 valence electrons. The number of nitrogens with zero attached hydrogens (tertiary/aromatic N) is 1. The van der Waals surface area contributed by atoms with E-state index in [1.54, 1.807) is 11.3 Å². The average molecular weight is 731 g/mol. The molecule has 0 bridgehead atoms. The lowest BCUT2D eigenvalue weighted by molar-refractivity contribution is 0.660. The monoisotopic (exact) mass is 730 g/mol. The van der Waals surface area contributed by atoms with E-state index < -0.39 is 0 Å². The molecule has 1 nitrogen and oxygen atoms in total. The van der Waals surface area contributed by atoms with Crippen molar-refractivity contribution in [3.8, 4) is 41.8 Å². The van der Waals surface area contributed by atoms with E-state index >= 15 is 0 Å². The molecule has 0 aliphatic heterocycles. The van der Waals surface area contributed by atoms with Crippen molar-refractivity contribution in [1.29, 1.82) is 0 Å². The molecule has 0 spiro atoms. The zero-order valence-electron chi connectivity index (χ0n) is 28.9. The predicted octanol–water partition coefficient (Wildman–Crippen LogP) is 13.8. The Hall–Kier alpha value is -4.39. The Morgan fingerprint density at radius 3 is 1.51 bits per heavy atom. The molecular formula is C46H36NS4+. The van der Waals surface area contributed by atoms with Crippen LogP contribution in [0.25, 0.3) is 51.8 Å². The zero-order valence-corrected chi connectivity index (χ0v) is 32.3. The molecule has 0 saturated carbocycles. The first-order valence-electron chi connectivity index (χ1n) is 17.4. The summed E-state index contributed by atoms with van der Waals surface area (Å²) in [4.78, 5) is 7.72. The van der Waals surface area contributed by atoms with E-state index in [9.17, 15) is 0 Å². The molecule has 5 heteroatoms. The van der Waals surface area contributed by atoms with Crippen LogP contribution in [0.5, 0.6) is 0 Å². The Balaban J connectivity index is 1.12. The van der Waals surface area contributed by atoms with Gasteiger partial charge in [-0.2, -0.15) is 0 Å². The van der Waals surface area contributed by atoms with Crippen molar-refractivity contribution in [2.45, 2.75) is 42.7 Å². The number of benzene rings is 5. The molecule has 0 fully saturated rings. The third kappa shape index (κ3) is 4.79. The Morgan fingerprint density at radius 1 is 0.431 bits per heavy atom. The van der Waals surface area contributed by atoms with E-state index in [-0.39, 0.29) is 10.8 Å². The maximum absolute atomic E-state index is 3.69. The Bertz CT molecular complexity index is 2570. The summed E-state index contributed by atoms with van der Waals surface area (Å²) >= 11 is 9.23. The minimum atomic E-state index is -0.0829. The van der Waals surface area contributed by atoms with Crippen molar-refractivity contribution >= 4 is 73.8 Å². The second-order valence-electron chi connectivity index (χ2n) is 14.8. The first kappa shape index (κ1) is 31.4. The van der Waals surface area contributed by atoms with Gasteiger partial charge in [-0.15, -0.1) is 22.7 Å². The van der Waals surface area contributed by atoms with E-state index in [2.05, 4.69) is 179 Å². The fourth-order valence-corrected chi connectivity index (χ4v) is 11.9. The highest BCUT2D eigenvalue weighted by atomic mass is 32.2. The van der Waals surface area contributed by atoms with Gasteiger partial charge in [-0.1, -0.05) is 106 Å². The molecule has 0 atom stereocenters. The van der Waals surface area contributed by atoms with E-state index in [1.165, 1.54) is 91.2 Å². The highest BCUT2D eigenvalue weighted by Crippen LogP contribution is 2.53. The smallest absolute Gasteiger partial charge is 0.204 e. The van der Waals surface area contributed by atoms with Crippen LogP contribution in [-0.4, -0.2) is 0 Å². The summed E-state index contributed by atoms with van der Waals surface area (Å²) in [6, 6.07) is 50.3. The van der Waals surface area contributed by atoms with Crippen LogP contribution in [0.3, 0.4) is 0 Å². The normalized spacial score (nSPS) is 14.7. The maximum atomic E-state index is 3.69. The van der Waals surface area contributed by atoms with Crippen LogP contribution >= 0.6 is 34.0 Å². The number of hydrogen-bond donors (Lipinski definition) is 0. The first-order valence-corrected chi connectivity index (χ1v) is 20.4. The van der Waals surface area contributed by atoms with Gasteiger partial charge in [0.15, 0.2) is 0 Å². The number of rotatable bonds is 5. The van der Waals surface area contributed by atoms with E-state index in [4.69, 9.17) is 0 Å². The molecule has 0 unspecified atom stereocenters. The third-order valence-corrected chi connectivity index (χ3v) is 15.1. The van der Waals surface area contributed by atoms with Gasteiger partial charge in [-0.3, -0.25) is 0 Å². The van der Waals surface area contributed by atoms with Crippen molar-refractivity contribution in [3.63, 3.8) is 0 Å². The molecular weight excluding hydrogens is 695 g/mol. The summed E-state index contributed by atoms with van der Waals surface area (Å²) in [7, 11) is 0. The van der Waals surface area contributed by atoms with Gasteiger partial charge in [-0.05, 0) is 111 Å². The van der Waals surface area contributed by atoms with Crippen molar-refractivity contribution < 1.29 is 0 Å². The molecule has 3 heterocycles. The van der Waals surface area contributed by atoms with Crippen LogP contribution in [0.1, 0.15) is 49.9 Å². The molecule has 5 aromatic carbocycles. The summed E-state index contributed by atoms with van der Waals surface area (Å²) in [5.74, 6) is 0. The summed E-state index contributed by atoms with van der Waals surface area (Å²) in [6.45, 7) is 9.47. The van der Waals surface area contributed by atoms with Crippen LogP contribution in [0.15, 0.2) is 138 Å². The zero-order chi connectivity index (χ0) is 34.6. The summed E-state index contributed by atoms with van der Waals surface area (Å²) < 4.78 is 2.45. The highest BCUT2D eigenvalue weighted by molar-refractivity contribution is 7.63. The van der Waals surface area contributed by atoms with Gasteiger partial charge in [-0.25, -0.2) is 0 Å². The lowest BCUT2D eigenvalue weighted by atomic mass is 9.82. The van der Waals surface area contributed by atoms with Gasteiger partial charge in [0, 0.05) is 70.8 Å². The maximum Gasteiger partial charge on any atom is 0.204 e. The van der Waals surface area contributed by atoms with Crippen molar-refractivity contribution in [1.82, 2.24) is 0 Å². The quantitative estimate of drug-likeness (QED) is 0.159. The highest BCUT2D eigenvalue weighted by Gasteiger charge is 2.37. The molecule has 0 amide bonds. The third-order valence-electron chi connectivity index (χ3n) is 11.1. The SMILES string of the molecule is CC1(C)c2ccccc2-c2ccc(N(c3ccc4c(c3)C(C)(C)c3ccccc3-4)c3ccc4cc(-c5ccc(-c6ccc([SH2+])s6)s5)sc4c3)cc21. The minimum Gasteiger partial charge on any atom is -0.310 e. The van der Waals surface area contributed by atoms with Gasteiger partial charge < -0.3 is 4.90 Å². The number of anilines is 3. The van der Waals surface area contributed by atoms with Gasteiger partial charge in [0.05, 0.1) is 0 Å². The lowest BCUT2D eigenvalue weighted by Gasteiger charge is -2.29. The Labute approximate surface area is 316 Å². The Morgan fingerprint density at radius 2 is 0.922 bits per heavy atom. The first-order chi connectivity index (χ1) is 24.7. The van der Waals surface area contributed by atoms with E-state index in [0.717, 1.165) is 4.21 Å². The molecule has 2 aliphatic carbocycles. The van der Waals surface area contributed by atoms with E-state index in [1.807, 2.05) is 22.7 Å². The van der Waals surface area contributed by atoms with Crippen LogP contribution in [0, 0.1) is 0 Å². The molecule has 0 saturated heterocycles. The topological polar surface area (TPSA) is 3.24 Å². The fraction of sp³-hybridized carbons (Fsp3) is 0.130. The molecule has 0 N–H and O–H groups in total.